The minimum absolute atomic E-state index is 0.0192. The van der Waals surface area contributed by atoms with E-state index in [0.717, 1.165) is 11.1 Å². The van der Waals surface area contributed by atoms with Gasteiger partial charge in [-0.3, -0.25) is 24.1 Å². The van der Waals surface area contributed by atoms with Gasteiger partial charge in [0.15, 0.2) is 5.69 Å². The first-order valence-electron chi connectivity index (χ1n) is 10.5. The lowest BCUT2D eigenvalue weighted by molar-refractivity contribution is -0.118. The normalized spacial score (nSPS) is 13.0. The van der Waals surface area contributed by atoms with Crippen molar-refractivity contribution in [3.63, 3.8) is 0 Å². The molecule has 0 spiro atoms. The Bertz CT molecular complexity index is 1000. The van der Waals surface area contributed by atoms with E-state index in [-0.39, 0.29) is 24.3 Å². The van der Waals surface area contributed by atoms with Gasteiger partial charge in [0.1, 0.15) is 5.69 Å². The molecule has 31 heavy (non-hydrogen) atoms. The van der Waals surface area contributed by atoms with Crippen molar-refractivity contribution < 1.29 is 9.59 Å². The van der Waals surface area contributed by atoms with Gasteiger partial charge in [-0.25, -0.2) is 0 Å². The lowest BCUT2D eigenvalue weighted by Gasteiger charge is -2.26. The van der Waals surface area contributed by atoms with Crippen molar-refractivity contribution in [2.45, 2.75) is 40.2 Å². The molecular weight excluding hydrogens is 390 g/mol. The van der Waals surface area contributed by atoms with E-state index in [2.05, 4.69) is 28.5 Å². The van der Waals surface area contributed by atoms with Gasteiger partial charge < -0.3 is 5.32 Å². The molecule has 7 nitrogen and oxygen atoms in total. The summed E-state index contributed by atoms with van der Waals surface area (Å²) < 4.78 is 1.66. The Morgan fingerprint density at radius 3 is 2.39 bits per heavy atom. The number of nitrogens with zero attached hydrogens (tertiary/aromatic N) is 4. The highest BCUT2D eigenvalue weighted by Crippen LogP contribution is 2.38. The third kappa shape index (κ3) is 4.94. The van der Waals surface area contributed by atoms with E-state index in [4.69, 9.17) is 0 Å². The Kier molecular flexibility index (Phi) is 6.75. The molecule has 3 rings (SSSR count). The fourth-order valence-electron chi connectivity index (χ4n) is 3.83. The summed E-state index contributed by atoms with van der Waals surface area (Å²) in [6.45, 7) is 17.8. The van der Waals surface area contributed by atoms with Gasteiger partial charge >= 0.3 is 0 Å². The Labute approximate surface area is 184 Å². The molecule has 0 bridgehead atoms. The highest BCUT2D eigenvalue weighted by molar-refractivity contribution is 6.16. The summed E-state index contributed by atoms with van der Waals surface area (Å²) in [7, 11) is 0. The van der Waals surface area contributed by atoms with Gasteiger partial charge in [0.25, 0.3) is 5.91 Å². The number of fused-ring (bicyclic) bond motifs is 2. The molecule has 0 fully saturated rings. The fraction of sp³-hybridized carbons (Fsp3) is 0.375. The van der Waals surface area contributed by atoms with E-state index in [1.54, 1.807) is 21.8 Å². The van der Waals surface area contributed by atoms with Crippen LogP contribution in [0.4, 0.5) is 17.1 Å². The lowest BCUT2D eigenvalue weighted by atomic mass is 10.2. The fourth-order valence-corrected chi connectivity index (χ4v) is 3.83. The topological polar surface area (TPSA) is 70.5 Å². The van der Waals surface area contributed by atoms with Gasteiger partial charge in [0, 0.05) is 32.1 Å². The molecule has 0 saturated heterocycles. The van der Waals surface area contributed by atoms with Crippen molar-refractivity contribution in [1.29, 1.82) is 0 Å². The van der Waals surface area contributed by atoms with Gasteiger partial charge in [-0.15, -0.1) is 0 Å². The van der Waals surface area contributed by atoms with Gasteiger partial charge in [-0.1, -0.05) is 36.4 Å². The Morgan fingerprint density at radius 2 is 1.77 bits per heavy atom. The standard InChI is InChI=1S/C24H31N5O2/c1-16(2)14-27(15-17(3)4)12-11-22(30)28-20-10-8-7-9-19(20)26-24(31)23-21(28)13-25-29(23)18(5)6/h7-10,13,18H,1,3,11-12,14-15H2,2,4-6H3,(H,26,31). The summed E-state index contributed by atoms with van der Waals surface area (Å²) >= 11 is 0. The molecule has 2 aromatic rings. The Balaban J connectivity index is 1.96. The molecule has 0 saturated carbocycles. The zero-order valence-corrected chi connectivity index (χ0v) is 18.8. The third-order valence-electron chi connectivity index (χ3n) is 4.99. The number of nitrogens with one attached hydrogen (secondary N) is 1. The van der Waals surface area contributed by atoms with Gasteiger partial charge in [0.05, 0.1) is 17.6 Å². The molecular formula is C24H31N5O2. The maximum absolute atomic E-state index is 13.5. The highest BCUT2D eigenvalue weighted by atomic mass is 16.2. The van der Waals surface area contributed by atoms with Crippen LogP contribution in [0.1, 0.15) is 50.6 Å². The predicted molar refractivity (Wildman–Crippen MR) is 125 cm³/mol. The molecule has 0 atom stereocenters. The third-order valence-corrected chi connectivity index (χ3v) is 4.99. The van der Waals surface area contributed by atoms with Crippen molar-refractivity contribution in [2.75, 3.05) is 29.9 Å². The van der Waals surface area contributed by atoms with Gasteiger partial charge in [-0.05, 0) is 39.8 Å². The molecule has 0 radical (unpaired) electrons. The van der Waals surface area contributed by atoms with Gasteiger partial charge in [0.2, 0.25) is 5.91 Å². The van der Waals surface area contributed by atoms with E-state index in [9.17, 15) is 9.59 Å². The summed E-state index contributed by atoms with van der Waals surface area (Å²) in [6.07, 6.45) is 1.89. The van der Waals surface area contributed by atoms with E-state index < -0.39 is 0 Å². The van der Waals surface area contributed by atoms with Crippen LogP contribution in [0.25, 0.3) is 0 Å². The second-order valence-corrected chi connectivity index (χ2v) is 8.49. The largest absolute Gasteiger partial charge is 0.319 e. The summed E-state index contributed by atoms with van der Waals surface area (Å²) in [6, 6.07) is 7.33. The van der Waals surface area contributed by atoms with Crippen molar-refractivity contribution >= 4 is 28.9 Å². The number of hydrogen-bond acceptors (Lipinski definition) is 4. The summed E-state index contributed by atoms with van der Waals surface area (Å²) in [5.74, 6) is -0.364. The number of carbonyl (C=O) groups excluding carboxylic acids is 2. The zero-order chi connectivity index (χ0) is 22.7. The first-order chi connectivity index (χ1) is 14.7. The molecule has 164 valence electrons. The van der Waals surface area contributed by atoms with Crippen molar-refractivity contribution in [3.05, 3.63) is 60.5 Å². The summed E-state index contributed by atoms with van der Waals surface area (Å²) in [4.78, 5) is 30.3. The van der Waals surface area contributed by atoms with Crippen molar-refractivity contribution in [3.8, 4) is 0 Å². The van der Waals surface area contributed by atoms with E-state index >= 15 is 0 Å². The number of benzene rings is 1. The molecule has 1 N–H and O–H groups in total. The number of rotatable bonds is 8. The average Bonchev–Trinajstić information content (AvgIpc) is 3.07. The Morgan fingerprint density at radius 1 is 1.13 bits per heavy atom. The van der Waals surface area contributed by atoms with Crippen LogP contribution in [0.5, 0.6) is 0 Å². The van der Waals surface area contributed by atoms with E-state index in [1.165, 1.54) is 0 Å². The molecule has 2 heterocycles. The minimum Gasteiger partial charge on any atom is -0.319 e. The highest BCUT2D eigenvalue weighted by Gasteiger charge is 2.33. The lowest BCUT2D eigenvalue weighted by Crippen LogP contribution is -2.33. The van der Waals surface area contributed by atoms with Crippen LogP contribution in [0, 0.1) is 0 Å². The molecule has 1 aliphatic rings. The van der Waals surface area contributed by atoms with Crippen molar-refractivity contribution in [1.82, 2.24) is 14.7 Å². The zero-order valence-electron chi connectivity index (χ0n) is 18.8. The van der Waals surface area contributed by atoms with E-state index in [0.29, 0.717) is 42.4 Å². The first kappa shape index (κ1) is 22.5. The number of hydrogen-bond donors (Lipinski definition) is 1. The van der Waals surface area contributed by atoms with Crippen molar-refractivity contribution in [2.24, 2.45) is 0 Å². The second kappa shape index (κ2) is 9.31. The number of aromatic nitrogens is 2. The van der Waals surface area contributed by atoms with Crippen LogP contribution < -0.4 is 10.2 Å². The van der Waals surface area contributed by atoms with E-state index in [1.807, 2.05) is 45.9 Å². The molecule has 1 aromatic heterocycles. The number of carbonyl (C=O) groups is 2. The maximum Gasteiger partial charge on any atom is 0.276 e. The van der Waals surface area contributed by atoms with Gasteiger partial charge in [-0.2, -0.15) is 5.10 Å². The molecule has 0 aliphatic carbocycles. The smallest absolute Gasteiger partial charge is 0.276 e. The number of para-hydroxylation sites is 2. The number of amides is 2. The SMILES string of the molecule is C=C(C)CN(CCC(=O)N1c2ccccc2NC(=O)c2c1cnn2C(C)C)CC(=C)C. The monoisotopic (exact) mass is 421 g/mol. The molecule has 1 aromatic carbocycles. The molecule has 0 unspecified atom stereocenters. The minimum atomic E-state index is -0.268. The predicted octanol–water partition coefficient (Wildman–Crippen LogP) is 4.54. The quantitative estimate of drug-likeness (QED) is 0.636. The van der Waals surface area contributed by atoms with Crippen LogP contribution in [-0.2, 0) is 4.79 Å². The second-order valence-electron chi connectivity index (χ2n) is 8.49. The first-order valence-corrected chi connectivity index (χ1v) is 10.5. The summed E-state index contributed by atoms with van der Waals surface area (Å²) in [5.41, 5.74) is 4.21. The molecule has 2 amide bonds. The van der Waals surface area contributed by atoms with Crippen LogP contribution >= 0.6 is 0 Å². The van der Waals surface area contributed by atoms with Crippen LogP contribution in [0.15, 0.2) is 54.8 Å². The maximum atomic E-state index is 13.5. The van der Waals surface area contributed by atoms with Crippen LogP contribution in [-0.4, -0.2) is 46.1 Å². The van der Waals surface area contributed by atoms with Crippen LogP contribution in [0.3, 0.4) is 0 Å². The Hall–Kier alpha value is -3.19. The van der Waals surface area contributed by atoms with Crippen LogP contribution in [0.2, 0.25) is 0 Å². The average molecular weight is 422 g/mol. The summed E-state index contributed by atoms with van der Waals surface area (Å²) in [5, 5.41) is 7.33. The molecule has 7 heteroatoms. The number of anilines is 3. The molecule has 1 aliphatic heterocycles.